The number of thiophene rings is 1. The summed E-state index contributed by atoms with van der Waals surface area (Å²) in [4.78, 5) is 1.37. The van der Waals surface area contributed by atoms with Gasteiger partial charge in [0, 0.05) is 4.88 Å². The van der Waals surface area contributed by atoms with E-state index in [0.29, 0.717) is 0 Å². The topological polar surface area (TPSA) is 0 Å². The first kappa shape index (κ1) is 19.0. The predicted molar refractivity (Wildman–Crippen MR) is 103 cm³/mol. The van der Waals surface area contributed by atoms with E-state index in [0.717, 1.165) is 6.42 Å². The molecule has 22 heavy (non-hydrogen) atoms. The van der Waals surface area contributed by atoms with Crippen LogP contribution < -0.4 is 0 Å². The maximum Gasteiger partial charge on any atom is 0.0267 e. The molecule has 0 aliphatic carbocycles. The van der Waals surface area contributed by atoms with E-state index in [1.165, 1.54) is 62.7 Å². The van der Waals surface area contributed by atoms with Crippen molar-refractivity contribution in [3.05, 3.63) is 52.8 Å². The molecule has 1 aromatic heterocycles. The first-order valence-electron chi connectivity index (χ1n) is 8.93. The van der Waals surface area contributed by atoms with E-state index in [4.69, 9.17) is 0 Å². The lowest BCUT2D eigenvalue weighted by atomic mass is 10.1. The molecule has 0 aliphatic rings. The van der Waals surface area contributed by atoms with Crippen molar-refractivity contribution in [2.75, 3.05) is 0 Å². The van der Waals surface area contributed by atoms with Gasteiger partial charge in [-0.05, 0) is 62.5 Å². The standard InChI is InChI=1S/C21H32S/c1-2-3-4-5-6-7-8-9-10-11-12-13-14-15-16-18-21-19-17-20-22-21/h6-7,9-10,16-20H,2-5,8,11-15H2,1H3/b7-6-,10-9-,18-16+. The Bertz CT molecular complexity index is 409. The van der Waals surface area contributed by atoms with Gasteiger partial charge < -0.3 is 0 Å². The van der Waals surface area contributed by atoms with Crippen LogP contribution in [0, 0.1) is 0 Å². The normalized spacial score (nSPS) is 12.2. The lowest BCUT2D eigenvalue weighted by molar-refractivity contribution is 0.696. The van der Waals surface area contributed by atoms with Gasteiger partial charge in [-0.15, -0.1) is 11.3 Å². The fourth-order valence-corrected chi connectivity index (χ4v) is 2.95. The molecule has 0 bridgehead atoms. The molecular formula is C21H32S. The van der Waals surface area contributed by atoms with Crippen LogP contribution in [-0.2, 0) is 0 Å². The molecule has 0 saturated carbocycles. The van der Waals surface area contributed by atoms with Crippen molar-refractivity contribution < 1.29 is 0 Å². The van der Waals surface area contributed by atoms with Crippen LogP contribution >= 0.6 is 11.3 Å². The number of hydrogen-bond donors (Lipinski definition) is 0. The van der Waals surface area contributed by atoms with Crippen LogP contribution in [0.2, 0.25) is 0 Å². The molecule has 0 saturated heterocycles. The summed E-state index contributed by atoms with van der Waals surface area (Å²) in [5.41, 5.74) is 0. The minimum absolute atomic E-state index is 1.11. The monoisotopic (exact) mass is 316 g/mol. The summed E-state index contributed by atoms with van der Waals surface area (Å²) in [6.45, 7) is 2.26. The largest absolute Gasteiger partial charge is 0.144 e. The maximum absolute atomic E-state index is 2.35. The molecule has 0 atom stereocenters. The van der Waals surface area contributed by atoms with Gasteiger partial charge in [-0.25, -0.2) is 0 Å². The van der Waals surface area contributed by atoms with Gasteiger partial charge in [-0.1, -0.05) is 62.6 Å². The Balaban J connectivity index is 1.85. The molecule has 1 heterocycles. The van der Waals surface area contributed by atoms with Crippen molar-refractivity contribution in [2.45, 2.75) is 71.1 Å². The van der Waals surface area contributed by atoms with Crippen molar-refractivity contribution in [2.24, 2.45) is 0 Å². The fourth-order valence-electron chi connectivity index (χ4n) is 2.31. The number of rotatable bonds is 13. The van der Waals surface area contributed by atoms with Crippen molar-refractivity contribution in [3.63, 3.8) is 0 Å². The van der Waals surface area contributed by atoms with Crippen LogP contribution in [-0.4, -0.2) is 0 Å². The summed E-state index contributed by atoms with van der Waals surface area (Å²) in [6.07, 6.45) is 26.7. The van der Waals surface area contributed by atoms with Gasteiger partial charge in [0.1, 0.15) is 0 Å². The second-order valence-corrected chi connectivity index (χ2v) is 6.71. The van der Waals surface area contributed by atoms with E-state index in [1.54, 1.807) is 0 Å². The molecular weight excluding hydrogens is 284 g/mol. The first-order chi connectivity index (χ1) is 10.9. The molecule has 1 aromatic rings. The van der Waals surface area contributed by atoms with Crippen LogP contribution in [0.3, 0.4) is 0 Å². The quantitative estimate of drug-likeness (QED) is 0.257. The highest BCUT2D eigenvalue weighted by molar-refractivity contribution is 7.10. The van der Waals surface area contributed by atoms with Crippen molar-refractivity contribution in [1.82, 2.24) is 0 Å². The zero-order chi connectivity index (χ0) is 15.7. The first-order valence-corrected chi connectivity index (χ1v) is 9.81. The molecule has 1 heteroatoms. The minimum Gasteiger partial charge on any atom is -0.144 e. The Morgan fingerprint density at radius 3 is 2.14 bits per heavy atom. The lowest BCUT2D eigenvalue weighted by Crippen LogP contribution is -1.75. The van der Waals surface area contributed by atoms with Gasteiger partial charge in [-0.2, -0.15) is 0 Å². The van der Waals surface area contributed by atoms with Gasteiger partial charge in [0.05, 0.1) is 0 Å². The highest BCUT2D eigenvalue weighted by atomic mass is 32.1. The van der Waals surface area contributed by atoms with Crippen LogP contribution in [0.15, 0.2) is 47.9 Å². The Kier molecular flexibility index (Phi) is 12.8. The second kappa shape index (κ2) is 14.8. The minimum atomic E-state index is 1.11. The maximum atomic E-state index is 2.35. The summed E-state index contributed by atoms with van der Waals surface area (Å²) in [7, 11) is 0. The summed E-state index contributed by atoms with van der Waals surface area (Å²) < 4.78 is 0. The molecule has 122 valence electrons. The number of allylic oxidation sites excluding steroid dienone is 5. The highest BCUT2D eigenvalue weighted by Crippen LogP contribution is 2.12. The summed E-state index contributed by atoms with van der Waals surface area (Å²) >= 11 is 1.81. The van der Waals surface area contributed by atoms with Crippen LogP contribution in [0.1, 0.15) is 76.0 Å². The van der Waals surface area contributed by atoms with Crippen LogP contribution in [0.4, 0.5) is 0 Å². The zero-order valence-corrected chi connectivity index (χ0v) is 15.0. The predicted octanol–water partition coefficient (Wildman–Crippen LogP) is 7.79. The summed E-state index contributed by atoms with van der Waals surface area (Å²) in [6, 6.07) is 4.28. The third-order valence-electron chi connectivity index (χ3n) is 3.65. The van der Waals surface area contributed by atoms with E-state index in [9.17, 15) is 0 Å². The molecule has 0 aromatic carbocycles. The van der Waals surface area contributed by atoms with E-state index in [-0.39, 0.29) is 0 Å². The van der Waals surface area contributed by atoms with Crippen molar-refractivity contribution >= 4 is 17.4 Å². The van der Waals surface area contributed by atoms with E-state index < -0.39 is 0 Å². The molecule has 0 aliphatic heterocycles. The molecule has 0 unspecified atom stereocenters. The lowest BCUT2D eigenvalue weighted by Gasteiger charge is -1.95. The highest BCUT2D eigenvalue weighted by Gasteiger charge is 1.88. The smallest absolute Gasteiger partial charge is 0.0267 e. The third kappa shape index (κ3) is 11.6. The summed E-state index contributed by atoms with van der Waals surface area (Å²) in [5, 5.41) is 2.13. The molecule has 0 spiro atoms. The Labute approximate surface area is 141 Å². The van der Waals surface area contributed by atoms with Crippen LogP contribution in [0.5, 0.6) is 0 Å². The molecule has 0 amide bonds. The molecule has 0 nitrogen and oxygen atoms in total. The molecule has 1 rings (SSSR count). The average Bonchev–Trinajstić information content (AvgIpc) is 3.04. The van der Waals surface area contributed by atoms with Gasteiger partial charge in [0.25, 0.3) is 0 Å². The van der Waals surface area contributed by atoms with Crippen LogP contribution in [0.25, 0.3) is 6.08 Å². The van der Waals surface area contributed by atoms with E-state index >= 15 is 0 Å². The van der Waals surface area contributed by atoms with Gasteiger partial charge in [0.15, 0.2) is 0 Å². The third-order valence-corrected chi connectivity index (χ3v) is 4.48. The number of hydrogen-bond acceptors (Lipinski definition) is 1. The Hall–Kier alpha value is -1.08. The SMILES string of the molecule is CCCCC/C=C\C/C=C\CCCCC/C=C/c1cccs1. The molecule has 0 fully saturated rings. The van der Waals surface area contributed by atoms with Gasteiger partial charge in [0.2, 0.25) is 0 Å². The average molecular weight is 317 g/mol. The Morgan fingerprint density at radius 1 is 0.818 bits per heavy atom. The van der Waals surface area contributed by atoms with Gasteiger partial charge in [-0.3, -0.25) is 0 Å². The Morgan fingerprint density at radius 2 is 1.50 bits per heavy atom. The van der Waals surface area contributed by atoms with E-state index in [1.807, 2.05) is 11.3 Å². The molecule has 0 N–H and O–H groups in total. The van der Waals surface area contributed by atoms with Gasteiger partial charge >= 0.3 is 0 Å². The second-order valence-electron chi connectivity index (χ2n) is 5.73. The zero-order valence-electron chi connectivity index (χ0n) is 14.2. The van der Waals surface area contributed by atoms with Crippen molar-refractivity contribution in [3.8, 4) is 0 Å². The fraction of sp³-hybridized carbons (Fsp3) is 0.524. The molecule has 0 radical (unpaired) electrons. The van der Waals surface area contributed by atoms with Crippen molar-refractivity contribution in [1.29, 1.82) is 0 Å². The van der Waals surface area contributed by atoms with E-state index in [2.05, 4.69) is 60.9 Å². The summed E-state index contributed by atoms with van der Waals surface area (Å²) in [5.74, 6) is 0. The number of unbranched alkanes of at least 4 members (excludes halogenated alkanes) is 7.